The average molecular weight is 1210 g/mol. The zero-order valence-corrected chi connectivity index (χ0v) is 51.2. The van der Waals surface area contributed by atoms with Crippen molar-refractivity contribution in [3.05, 3.63) is 208 Å². The van der Waals surface area contributed by atoms with Crippen molar-refractivity contribution in [3.63, 3.8) is 0 Å². The molecule has 3 aliphatic carbocycles. The van der Waals surface area contributed by atoms with E-state index in [1.807, 2.05) is 41.5 Å². The second-order valence-electron chi connectivity index (χ2n) is 21.4. The highest BCUT2D eigenvalue weighted by molar-refractivity contribution is 5.89. The van der Waals surface area contributed by atoms with Gasteiger partial charge < -0.3 is 58.3 Å². The molecule has 6 N–H and O–H groups in total. The van der Waals surface area contributed by atoms with Crippen molar-refractivity contribution in [3.8, 4) is 101 Å². The van der Waals surface area contributed by atoms with Crippen LogP contribution in [0.5, 0.6) is 34.5 Å². The normalized spacial score (nSPS) is 11.1. The van der Waals surface area contributed by atoms with Crippen LogP contribution in [-0.2, 0) is 0 Å². The highest BCUT2D eigenvalue weighted by atomic mass is 16.5. The number of hydrogen-bond acceptors (Lipinski definition) is 12. The standard InChI is InChI=1S/C72H72N6O12/c1-7-25-85-61-31-55-56(32-62(61)86-26-8-2)74-38-50-45-21-15-16-22-46(45)52(70(82)68(50)80)40-76-59-35-65(89-29-11-5)66(90-30-12-6)36-60(59)78-42-54-48-24-18-17-23-47(48)53(71(83)72(54)84)41-77-58-34-64(88-28-10-4)63(87-27-9-3)33-57(58)75-39-51-44-20-14-13-19-43(44)49(37-73-55)67(79)69(51)81/h13-24,31-42,73-78H,7-12,25-30H2,1-6H3. The molecule has 6 aromatic carbocycles. The SMILES string of the molecule is CCCOc1cc2[nH]cc3c(=O)c(=O)c(c[nH]c4cc(OCCC)c(OCCC)cc4[nH]cc4c(=O)c(=O)c(c[nH]c5cc(OCCC)c(OCCC)cc5[nH]cc5c(=O)c(=O)c(c[nH]c2cc1OCCC)c1ccccc51)c1ccccc41)c1ccccc31. The van der Waals surface area contributed by atoms with Crippen LogP contribution in [0.1, 0.15) is 80.1 Å². The lowest BCUT2D eigenvalue weighted by Crippen LogP contribution is -2.28. The number of ether oxygens (including phenoxy) is 6. The van der Waals surface area contributed by atoms with Crippen LogP contribution in [-0.4, -0.2) is 69.5 Å². The Bertz CT molecular complexity index is 4000. The van der Waals surface area contributed by atoms with Gasteiger partial charge in [-0.25, -0.2) is 0 Å². The third-order valence-corrected chi connectivity index (χ3v) is 14.9. The third kappa shape index (κ3) is 13.3. The molecule has 0 amide bonds. The van der Waals surface area contributed by atoms with Crippen LogP contribution in [0.15, 0.2) is 175 Å². The van der Waals surface area contributed by atoms with Gasteiger partial charge in [-0.05, 0) is 71.9 Å². The monoisotopic (exact) mass is 1210 g/mol. The Morgan fingerprint density at radius 2 is 0.378 bits per heavy atom. The van der Waals surface area contributed by atoms with Crippen molar-refractivity contribution in [2.45, 2.75) is 80.1 Å². The maximum atomic E-state index is 14.6. The van der Waals surface area contributed by atoms with Crippen molar-refractivity contribution in [2.75, 3.05) is 39.6 Å². The molecular weight excluding hydrogens is 1140 g/mol. The molecule has 90 heavy (non-hydrogen) atoms. The first-order valence-corrected chi connectivity index (χ1v) is 30.6. The Labute approximate surface area is 517 Å². The number of rotatable bonds is 18. The van der Waals surface area contributed by atoms with E-state index < -0.39 is 32.6 Å². The van der Waals surface area contributed by atoms with Gasteiger partial charge in [-0.3, -0.25) is 28.8 Å². The first-order chi connectivity index (χ1) is 43.9. The van der Waals surface area contributed by atoms with Gasteiger partial charge >= 0.3 is 0 Å². The second kappa shape index (κ2) is 28.9. The molecule has 7 aromatic rings. The first-order valence-electron chi connectivity index (χ1n) is 30.6. The molecule has 0 radical (unpaired) electrons. The van der Waals surface area contributed by atoms with E-state index in [4.69, 9.17) is 28.4 Å². The summed E-state index contributed by atoms with van der Waals surface area (Å²) < 4.78 is 37.4. The minimum Gasteiger partial charge on any atom is -0.490 e. The molecule has 0 spiro atoms. The Kier molecular flexibility index (Phi) is 20.1. The number of nitrogens with one attached hydrogen (secondary N) is 6. The van der Waals surface area contributed by atoms with Gasteiger partial charge in [0.05, 0.1) is 72.7 Å². The molecule has 6 bridgehead atoms. The lowest BCUT2D eigenvalue weighted by Gasteiger charge is -2.14. The molecule has 18 heteroatoms. The number of hydrogen-bond donors (Lipinski definition) is 6. The van der Waals surface area contributed by atoms with Crippen LogP contribution in [0, 0.1) is 0 Å². The van der Waals surface area contributed by atoms with Crippen LogP contribution in [0.3, 0.4) is 0 Å². The van der Waals surface area contributed by atoms with Crippen LogP contribution in [0.4, 0.5) is 0 Å². The molecular formula is C72H72N6O12. The molecule has 0 saturated carbocycles. The summed E-state index contributed by atoms with van der Waals surface area (Å²) in [4.78, 5) is 107. The Hall–Kier alpha value is -10.6. The minimum atomic E-state index is -0.808. The maximum absolute atomic E-state index is 14.6. The second-order valence-corrected chi connectivity index (χ2v) is 21.4. The Balaban J connectivity index is 1.37. The van der Waals surface area contributed by atoms with E-state index in [0.717, 1.165) is 0 Å². The first kappa shape index (κ1) is 62.4. The van der Waals surface area contributed by atoms with E-state index in [2.05, 4.69) is 29.9 Å². The van der Waals surface area contributed by atoms with E-state index in [-0.39, 0.29) is 33.4 Å². The molecule has 1 aromatic heterocycles. The van der Waals surface area contributed by atoms with Gasteiger partial charge in [-0.15, -0.1) is 0 Å². The molecule has 4 heterocycles. The number of aromatic amines is 6. The van der Waals surface area contributed by atoms with E-state index >= 15 is 0 Å². The van der Waals surface area contributed by atoms with Crippen molar-refractivity contribution in [1.29, 1.82) is 0 Å². The van der Waals surface area contributed by atoms with E-state index in [0.29, 0.717) is 179 Å². The molecule has 3 aliphatic heterocycles. The fourth-order valence-electron chi connectivity index (χ4n) is 10.4. The lowest BCUT2D eigenvalue weighted by molar-refractivity contribution is 0.269. The number of benzene rings is 9. The van der Waals surface area contributed by atoms with Crippen molar-refractivity contribution < 1.29 is 28.4 Å². The predicted molar refractivity (Wildman–Crippen MR) is 356 cm³/mol. The van der Waals surface area contributed by atoms with Crippen LogP contribution in [0.25, 0.3) is 99.9 Å². The zero-order chi connectivity index (χ0) is 63.3. The molecule has 6 aliphatic rings. The highest BCUT2D eigenvalue weighted by Gasteiger charge is 2.23. The molecule has 462 valence electrons. The van der Waals surface area contributed by atoms with Gasteiger partial charge in [-0.1, -0.05) is 114 Å². The molecule has 0 fully saturated rings. The summed E-state index contributed by atoms with van der Waals surface area (Å²) >= 11 is 0. The molecule has 0 atom stereocenters. The summed E-state index contributed by atoms with van der Waals surface area (Å²) in [5.41, 5.74) is 0.494. The van der Waals surface area contributed by atoms with Gasteiger partial charge in [0.1, 0.15) is 0 Å². The highest BCUT2D eigenvalue weighted by Crippen LogP contribution is 2.37. The Morgan fingerprint density at radius 1 is 0.233 bits per heavy atom. The van der Waals surface area contributed by atoms with Crippen LogP contribution >= 0.6 is 0 Å². The fraction of sp³-hybridized carbons (Fsp3) is 0.250. The van der Waals surface area contributed by atoms with Gasteiger partial charge in [0.15, 0.2) is 34.5 Å². The van der Waals surface area contributed by atoms with Gasteiger partial charge in [-0.2, -0.15) is 0 Å². The summed E-state index contributed by atoms with van der Waals surface area (Å²) in [7, 11) is 0. The summed E-state index contributed by atoms with van der Waals surface area (Å²) in [6.07, 6.45) is 12.9. The summed E-state index contributed by atoms with van der Waals surface area (Å²) in [5.74, 6) is 2.41. The largest absolute Gasteiger partial charge is 0.490 e. The number of H-pyrrole nitrogens is 6. The summed E-state index contributed by atoms with van der Waals surface area (Å²) in [6.45, 7) is 14.0. The predicted octanol–water partition coefficient (Wildman–Crippen LogP) is 13.7. The quantitative estimate of drug-likeness (QED) is 0.0439. The molecule has 0 unspecified atom stereocenters. The van der Waals surface area contributed by atoms with Crippen LogP contribution < -0.4 is 61.0 Å². The maximum Gasteiger partial charge on any atom is 0.235 e. The minimum absolute atomic E-state index is 0.0639. The number of aromatic nitrogens is 6. The van der Waals surface area contributed by atoms with Crippen molar-refractivity contribution in [2.24, 2.45) is 0 Å². The zero-order valence-electron chi connectivity index (χ0n) is 51.2. The smallest absolute Gasteiger partial charge is 0.235 e. The van der Waals surface area contributed by atoms with Crippen molar-refractivity contribution in [1.82, 2.24) is 29.9 Å². The summed E-state index contributed by atoms with van der Waals surface area (Å²) in [5, 5.41) is 0. The molecule has 18 nitrogen and oxygen atoms in total. The summed E-state index contributed by atoms with van der Waals surface area (Å²) in [6, 6.07) is 31.4. The van der Waals surface area contributed by atoms with E-state index in [1.54, 1.807) is 109 Å². The molecule has 13 rings (SSSR count). The third-order valence-electron chi connectivity index (χ3n) is 14.9. The van der Waals surface area contributed by atoms with Gasteiger partial charge in [0, 0.05) is 107 Å². The van der Waals surface area contributed by atoms with Crippen molar-refractivity contribution >= 4 is 33.1 Å². The van der Waals surface area contributed by atoms with E-state index in [1.165, 1.54) is 37.2 Å². The van der Waals surface area contributed by atoms with Crippen LogP contribution in [0.2, 0.25) is 0 Å². The van der Waals surface area contributed by atoms with Gasteiger partial charge in [0.2, 0.25) is 32.6 Å². The topological polar surface area (TPSA) is 253 Å². The average Bonchev–Trinajstić information content (AvgIpc) is 0.921. The fourth-order valence-corrected chi connectivity index (χ4v) is 10.4. The van der Waals surface area contributed by atoms with E-state index in [9.17, 15) is 28.8 Å². The van der Waals surface area contributed by atoms with Gasteiger partial charge in [0.25, 0.3) is 0 Å². The Morgan fingerprint density at radius 3 is 0.511 bits per heavy atom. The lowest BCUT2D eigenvalue weighted by atomic mass is 9.92. The molecule has 0 saturated heterocycles.